The molecular formula is C11H12F2N2O5. The normalized spacial score (nSPS) is 11.0. The first-order chi connectivity index (χ1) is 9.30. The van der Waals surface area contributed by atoms with Crippen molar-refractivity contribution in [3.05, 3.63) is 33.9 Å². The Labute approximate surface area is 112 Å². The van der Waals surface area contributed by atoms with Gasteiger partial charge in [0.25, 0.3) is 11.8 Å². The summed E-state index contributed by atoms with van der Waals surface area (Å²) >= 11 is 0. The maximum absolute atomic E-state index is 12.8. The fraction of sp³-hybridized carbons (Fsp3) is 0.364. The van der Waals surface area contributed by atoms with Crippen molar-refractivity contribution in [2.45, 2.75) is 5.92 Å². The Balaban J connectivity index is 2.89. The van der Waals surface area contributed by atoms with Gasteiger partial charge in [-0.2, -0.15) is 0 Å². The number of carbonyl (C=O) groups excluding carboxylic acids is 1. The van der Waals surface area contributed by atoms with E-state index in [-0.39, 0.29) is 11.3 Å². The monoisotopic (exact) mass is 290 g/mol. The van der Waals surface area contributed by atoms with E-state index in [1.54, 1.807) is 0 Å². The number of nitrogens with one attached hydrogen (secondary N) is 1. The molecule has 1 aromatic carbocycles. The molecule has 0 unspecified atom stereocenters. The number of nitro benzene ring substituents is 1. The lowest BCUT2D eigenvalue weighted by Gasteiger charge is -2.14. The summed E-state index contributed by atoms with van der Waals surface area (Å²) in [6.07, 6.45) is 0. The maximum atomic E-state index is 12.8. The zero-order valence-electron chi connectivity index (χ0n) is 10.4. The average molecular weight is 290 g/mol. The first-order valence-corrected chi connectivity index (χ1v) is 5.40. The number of aliphatic hydroxyl groups excluding tert-OH is 1. The van der Waals surface area contributed by atoms with Crippen molar-refractivity contribution < 1.29 is 28.3 Å². The number of benzene rings is 1. The number of methoxy groups -OCH3 is 1. The van der Waals surface area contributed by atoms with Crippen LogP contribution < -0.4 is 10.1 Å². The summed E-state index contributed by atoms with van der Waals surface area (Å²) in [6, 6.07) is 3.32. The molecule has 0 saturated heterocycles. The zero-order valence-corrected chi connectivity index (χ0v) is 10.4. The number of hydrogen-bond acceptors (Lipinski definition) is 5. The van der Waals surface area contributed by atoms with Crippen molar-refractivity contribution in [1.29, 1.82) is 0 Å². The summed E-state index contributed by atoms with van der Waals surface area (Å²) < 4.78 is 30.3. The summed E-state index contributed by atoms with van der Waals surface area (Å²) in [4.78, 5) is 21.6. The number of ether oxygens (including phenoxy) is 1. The Morgan fingerprint density at radius 2 is 2.20 bits per heavy atom. The largest absolute Gasteiger partial charge is 0.490 e. The van der Waals surface area contributed by atoms with Crippen molar-refractivity contribution in [3.63, 3.8) is 0 Å². The lowest BCUT2D eigenvalue weighted by atomic mass is 10.1. The number of alkyl halides is 2. The smallest absolute Gasteiger partial charge is 0.311 e. The molecule has 0 saturated carbocycles. The van der Waals surface area contributed by atoms with Gasteiger partial charge in [-0.1, -0.05) is 0 Å². The zero-order chi connectivity index (χ0) is 15.3. The van der Waals surface area contributed by atoms with Crippen molar-refractivity contribution in [3.8, 4) is 5.75 Å². The van der Waals surface area contributed by atoms with E-state index in [0.717, 1.165) is 6.07 Å². The van der Waals surface area contributed by atoms with Crippen LogP contribution in [-0.4, -0.2) is 42.1 Å². The van der Waals surface area contributed by atoms with Gasteiger partial charge in [-0.3, -0.25) is 14.9 Å². The molecule has 0 aliphatic rings. The molecule has 0 aliphatic carbocycles. The van der Waals surface area contributed by atoms with Crippen molar-refractivity contribution >= 4 is 11.6 Å². The standard InChI is InChI=1S/C11H12F2N2O5/c1-20-9-3-2-7(4-8(9)15(18)19)10(17)14-5-11(12,13)6-16/h2-4,16H,5-6H2,1H3,(H,14,17). The van der Waals surface area contributed by atoms with E-state index in [9.17, 15) is 23.7 Å². The molecular weight excluding hydrogens is 278 g/mol. The van der Waals surface area contributed by atoms with E-state index in [0.29, 0.717) is 0 Å². The number of nitro groups is 1. The predicted octanol–water partition coefficient (Wildman–Crippen LogP) is 0.961. The fourth-order valence-electron chi connectivity index (χ4n) is 1.34. The molecule has 9 heteroatoms. The van der Waals surface area contributed by atoms with Crippen molar-refractivity contribution in [2.24, 2.45) is 0 Å². The van der Waals surface area contributed by atoms with Crippen LogP contribution in [0.25, 0.3) is 0 Å². The second kappa shape index (κ2) is 6.24. The Hall–Kier alpha value is -2.29. The number of rotatable bonds is 6. The molecule has 1 amide bonds. The summed E-state index contributed by atoms with van der Waals surface area (Å²) in [5, 5.41) is 21.0. The molecule has 0 atom stereocenters. The highest BCUT2D eigenvalue weighted by atomic mass is 19.3. The highest BCUT2D eigenvalue weighted by Gasteiger charge is 2.28. The topological polar surface area (TPSA) is 102 Å². The number of hydrogen-bond donors (Lipinski definition) is 2. The minimum absolute atomic E-state index is 0.0489. The molecule has 20 heavy (non-hydrogen) atoms. The summed E-state index contributed by atoms with van der Waals surface area (Å²) in [7, 11) is 1.23. The molecule has 1 rings (SSSR count). The number of halogens is 2. The minimum Gasteiger partial charge on any atom is -0.490 e. The first kappa shape index (κ1) is 15.8. The Morgan fingerprint density at radius 3 is 2.70 bits per heavy atom. The van der Waals surface area contributed by atoms with Crippen molar-refractivity contribution in [2.75, 3.05) is 20.3 Å². The highest BCUT2D eigenvalue weighted by molar-refractivity contribution is 5.95. The quantitative estimate of drug-likeness (QED) is 0.600. The van der Waals surface area contributed by atoms with E-state index in [1.807, 2.05) is 5.32 Å². The fourth-order valence-corrected chi connectivity index (χ4v) is 1.34. The molecule has 2 N–H and O–H groups in total. The molecule has 0 fully saturated rings. The van der Waals surface area contributed by atoms with E-state index < -0.39 is 35.6 Å². The van der Waals surface area contributed by atoms with Gasteiger partial charge in [0, 0.05) is 11.6 Å². The molecule has 0 aliphatic heterocycles. The van der Waals surface area contributed by atoms with Gasteiger partial charge in [0.05, 0.1) is 18.6 Å². The van der Waals surface area contributed by atoms with Gasteiger partial charge in [0.2, 0.25) is 0 Å². The summed E-state index contributed by atoms with van der Waals surface area (Å²) in [5.41, 5.74) is -0.611. The van der Waals surface area contributed by atoms with Crippen LogP contribution in [0, 0.1) is 10.1 Å². The summed E-state index contributed by atoms with van der Waals surface area (Å²) in [6.45, 7) is -2.47. The van der Waals surface area contributed by atoms with Crippen LogP contribution in [0.15, 0.2) is 18.2 Å². The number of amides is 1. The van der Waals surface area contributed by atoms with Gasteiger partial charge < -0.3 is 15.2 Å². The average Bonchev–Trinajstić information content (AvgIpc) is 2.44. The van der Waals surface area contributed by atoms with Gasteiger partial charge in [-0.05, 0) is 12.1 Å². The molecule has 0 aromatic heterocycles. The summed E-state index contributed by atoms with van der Waals surface area (Å²) in [5.74, 6) is -4.41. The molecule has 1 aromatic rings. The second-order valence-corrected chi connectivity index (χ2v) is 3.84. The Morgan fingerprint density at radius 1 is 1.55 bits per heavy atom. The van der Waals surface area contributed by atoms with Gasteiger partial charge >= 0.3 is 5.69 Å². The van der Waals surface area contributed by atoms with Gasteiger partial charge in [-0.25, -0.2) is 8.78 Å². The van der Waals surface area contributed by atoms with Crippen LogP contribution in [0.2, 0.25) is 0 Å². The van der Waals surface area contributed by atoms with Gasteiger partial charge in [-0.15, -0.1) is 0 Å². The lowest BCUT2D eigenvalue weighted by Crippen LogP contribution is -2.38. The SMILES string of the molecule is COc1ccc(C(=O)NCC(F)(F)CO)cc1[N+](=O)[O-]. The van der Waals surface area contributed by atoms with E-state index >= 15 is 0 Å². The molecule has 0 radical (unpaired) electrons. The first-order valence-electron chi connectivity index (χ1n) is 5.40. The van der Waals surface area contributed by atoms with Crippen molar-refractivity contribution in [1.82, 2.24) is 5.32 Å². The van der Waals surface area contributed by atoms with Crippen LogP contribution in [0.5, 0.6) is 5.75 Å². The van der Waals surface area contributed by atoms with Crippen LogP contribution in [-0.2, 0) is 0 Å². The third-order valence-corrected chi connectivity index (χ3v) is 2.38. The lowest BCUT2D eigenvalue weighted by molar-refractivity contribution is -0.385. The van der Waals surface area contributed by atoms with Crippen LogP contribution >= 0.6 is 0 Å². The van der Waals surface area contributed by atoms with Crippen LogP contribution in [0.3, 0.4) is 0 Å². The molecule has 0 spiro atoms. The second-order valence-electron chi connectivity index (χ2n) is 3.84. The van der Waals surface area contributed by atoms with Gasteiger partial charge in [0.15, 0.2) is 5.75 Å². The number of nitrogens with zero attached hydrogens (tertiary/aromatic N) is 1. The molecule has 0 heterocycles. The number of aliphatic hydroxyl groups is 1. The molecule has 7 nitrogen and oxygen atoms in total. The van der Waals surface area contributed by atoms with E-state index in [2.05, 4.69) is 0 Å². The minimum atomic E-state index is -3.45. The highest BCUT2D eigenvalue weighted by Crippen LogP contribution is 2.27. The van der Waals surface area contributed by atoms with E-state index in [1.165, 1.54) is 19.2 Å². The van der Waals surface area contributed by atoms with Crippen LogP contribution in [0.4, 0.5) is 14.5 Å². The van der Waals surface area contributed by atoms with E-state index in [4.69, 9.17) is 9.84 Å². The molecule has 110 valence electrons. The Kier molecular flexibility index (Phi) is 4.92. The third-order valence-electron chi connectivity index (χ3n) is 2.38. The predicted molar refractivity (Wildman–Crippen MR) is 64.0 cm³/mol. The Bertz CT molecular complexity index is 522. The maximum Gasteiger partial charge on any atom is 0.311 e. The van der Waals surface area contributed by atoms with Crippen LogP contribution in [0.1, 0.15) is 10.4 Å². The molecule has 0 bridgehead atoms. The number of carbonyl (C=O) groups is 1. The third kappa shape index (κ3) is 3.85. The van der Waals surface area contributed by atoms with Gasteiger partial charge in [0.1, 0.15) is 6.61 Å².